The summed E-state index contributed by atoms with van der Waals surface area (Å²) in [6.45, 7) is 17.3. The first-order valence-electron chi connectivity index (χ1n) is 32.4. The van der Waals surface area contributed by atoms with Gasteiger partial charge in [0.1, 0.15) is 58.1 Å². The molecule has 2 aliphatic rings. The van der Waals surface area contributed by atoms with Crippen molar-refractivity contribution in [3.63, 3.8) is 0 Å². The van der Waals surface area contributed by atoms with Gasteiger partial charge in [0.05, 0.1) is 22.3 Å². The average Bonchev–Trinajstić information content (AvgIpc) is 0.673. The zero-order chi connectivity index (χ0) is 65.6. The van der Waals surface area contributed by atoms with Crippen LogP contribution in [0.15, 0.2) is 182 Å². The Kier molecular flexibility index (Phi) is 16.9. The molecule has 11 aromatic carbocycles. The molecule has 14 nitrogen and oxygen atoms in total. The molecule has 0 aliphatic carbocycles. The molecule has 14 heteroatoms. The van der Waals surface area contributed by atoms with Gasteiger partial charge in [-0.15, -0.1) is 0 Å². The van der Waals surface area contributed by atoms with E-state index < -0.39 is 47.5 Å². The maximum Gasteiger partial charge on any atom is 0.262 e. The summed E-state index contributed by atoms with van der Waals surface area (Å²) in [5.41, 5.74) is 4.93. The monoisotopic (exact) mass is 1250 g/mol. The van der Waals surface area contributed by atoms with E-state index >= 15 is 28.8 Å². The molecule has 0 bridgehead atoms. The van der Waals surface area contributed by atoms with Crippen LogP contribution < -0.4 is 18.9 Å². The lowest BCUT2D eigenvalue weighted by molar-refractivity contribution is -0.136. The molecule has 13 rings (SSSR count). The predicted molar refractivity (Wildman–Crippen MR) is 366 cm³/mol. The Morgan fingerprint density at radius 3 is 0.787 bits per heavy atom. The lowest BCUT2D eigenvalue weighted by atomic mass is 9.80. The fourth-order valence-corrected chi connectivity index (χ4v) is 13.4. The van der Waals surface area contributed by atoms with Crippen molar-refractivity contribution in [1.29, 1.82) is 0 Å². The Morgan fingerprint density at radius 2 is 0.564 bits per heavy atom. The topological polar surface area (TPSA) is 152 Å². The first kappa shape index (κ1) is 62.0. The quantitative estimate of drug-likeness (QED) is 0.0364. The van der Waals surface area contributed by atoms with E-state index in [4.69, 9.17) is 18.9 Å². The zero-order valence-corrected chi connectivity index (χ0v) is 54.0. The van der Waals surface area contributed by atoms with Crippen molar-refractivity contribution in [2.45, 2.75) is 93.2 Å². The van der Waals surface area contributed by atoms with Gasteiger partial charge in [0.15, 0.2) is 0 Å². The minimum absolute atomic E-state index is 0.0544. The number of hydrogen-bond donors (Lipinski definition) is 0. The summed E-state index contributed by atoms with van der Waals surface area (Å²) in [6.07, 6.45) is 2.54. The molecule has 0 radical (unpaired) electrons. The molecule has 94 heavy (non-hydrogen) atoms. The highest BCUT2D eigenvalue weighted by molar-refractivity contribution is 6.45. The van der Waals surface area contributed by atoms with E-state index in [1.807, 2.05) is 165 Å². The molecule has 472 valence electrons. The summed E-state index contributed by atoms with van der Waals surface area (Å²) in [6, 6.07) is 51.3. The van der Waals surface area contributed by atoms with Crippen LogP contribution in [0, 0.1) is 27.7 Å². The number of fused-ring (bicyclic) bond motifs is 2. The van der Waals surface area contributed by atoms with Gasteiger partial charge in [-0.05, 0) is 137 Å². The Hall–Kier alpha value is -10.9. The van der Waals surface area contributed by atoms with Gasteiger partial charge in [-0.3, -0.25) is 38.6 Å². The second kappa shape index (κ2) is 25.7. The number of nitrogens with zero attached hydrogens (tertiary/aromatic N) is 4. The van der Waals surface area contributed by atoms with Crippen LogP contribution in [0.1, 0.15) is 140 Å². The molecule has 1 unspecified atom stereocenters. The number of ether oxygens (including phenoxy) is 4. The Bertz CT molecular complexity index is 4240. The smallest absolute Gasteiger partial charge is 0.262 e. The highest BCUT2D eigenvalue weighted by Gasteiger charge is 2.48. The number of carbonyl (C=O) groups excluding carboxylic acids is 6. The Morgan fingerprint density at radius 1 is 0.330 bits per heavy atom. The normalized spacial score (nSPS) is 13.5. The number of rotatable bonds is 22. The lowest BCUT2D eigenvalue weighted by Crippen LogP contribution is -2.50. The molecule has 0 aromatic heterocycles. The minimum atomic E-state index is -1.40. The van der Waals surface area contributed by atoms with Crippen molar-refractivity contribution in [3.8, 4) is 46.0 Å². The van der Waals surface area contributed by atoms with Crippen LogP contribution in [0.2, 0.25) is 0 Å². The van der Waals surface area contributed by atoms with Crippen molar-refractivity contribution in [2.75, 3.05) is 26.2 Å². The van der Waals surface area contributed by atoms with Gasteiger partial charge in [-0.25, -0.2) is 0 Å². The van der Waals surface area contributed by atoms with Crippen molar-refractivity contribution in [2.24, 2.45) is 0 Å². The largest absolute Gasteiger partial charge is 0.457 e. The third-order valence-electron chi connectivity index (χ3n) is 17.8. The maximum absolute atomic E-state index is 16.4. The van der Waals surface area contributed by atoms with E-state index in [9.17, 15) is 0 Å². The van der Waals surface area contributed by atoms with Gasteiger partial charge in [0, 0.05) is 69.3 Å². The number of imide groups is 2. The van der Waals surface area contributed by atoms with Gasteiger partial charge in [0.25, 0.3) is 35.4 Å². The summed E-state index contributed by atoms with van der Waals surface area (Å²) in [4.78, 5) is 102. The molecule has 2 heterocycles. The first-order chi connectivity index (χ1) is 45.6. The minimum Gasteiger partial charge on any atom is -0.457 e. The van der Waals surface area contributed by atoms with Crippen LogP contribution in [0.3, 0.4) is 0 Å². The molecule has 0 saturated heterocycles. The lowest BCUT2D eigenvalue weighted by Gasteiger charge is -2.38. The van der Waals surface area contributed by atoms with Crippen LogP contribution in [0.4, 0.5) is 0 Å². The standard InChI is InChI=1S/C80H72N4O10/c1-9-39-81(40-10-2)79(89)73(51-19-15-13-16-20-51)83-75(85)57-43-61(91-53-31-23-47(5)24-32-53)67-69-63(93-55-35-27-49(7)28-36-55)45-59-66-60(78(88)84(77(59)87)74(52-21-17-14-18-22-52)80(90)82(41-11-3)42-12-4)46-64(94-56-37-29-50(8)30-38-56)70(72(66)69)68-62(92-54-33-25-48(6)26-34-54)44-58(76(83)86)65(57)71(67)68/h13-38,43-46,73-74H,9-12,39-42H2,1-8H3/t73-,74?/m0/s1. The summed E-state index contributed by atoms with van der Waals surface area (Å²) < 4.78 is 28.9. The SMILES string of the molecule is CCCN(CCC)C(=O)C(c1ccccc1)N1C(=O)c2cc(Oc3ccc(C)cc3)c3c4c(Oc5ccc(C)cc5)cc5c6c(cc(Oc7ccc(C)cc7)c(c7c(Oc8ccc(C)cc8)cc(c2c37)C1=O)c64)C(=O)N([C@H](C(=O)N(CCC)CCC)c1ccccc1)C5=O. The third kappa shape index (κ3) is 11.1. The van der Waals surface area contributed by atoms with Crippen LogP contribution in [0.5, 0.6) is 46.0 Å². The Labute approximate surface area is 546 Å². The molecular formula is C80H72N4O10. The van der Waals surface area contributed by atoms with Crippen molar-refractivity contribution in [1.82, 2.24) is 19.6 Å². The molecule has 0 fully saturated rings. The molecule has 11 aromatic rings. The summed E-state index contributed by atoms with van der Waals surface area (Å²) in [5, 5.41) is 2.46. The van der Waals surface area contributed by atoms with E-state index in [1.54, 1.807) is 82.6 Å². The third-order valence-corrected chi connectivity index (χ3v) is 17.8. The van der Waals surface area contributed by atoms with E-state index in [0.29, 0.717) is 118 Å². The van der Waals surface area contributed by atoms with Crippen molar-refractivity contribution >= 4 is 78.5 Å². The number of hydrogen-bond acceptors (Lipinski definition) is 10. The highest BCUT2D eigenvalue weighted by Crippen LogP contribution is 2.58. The molecule has 6 amide bonds. The molecule has 2 aliphatic heterocycles. The molecular weight excluding hydrogens is 1180 g/mol. The van der Waals surface area contributed by atoms with Gasteiger partial charge in [-0.2, -0.15) is 0 Å². The van der Waals surface area contributed by atoms with Crippen molar-refractivity contribution < 1.29 is 47.7 Å². The van der Waals surface area contributed by atoms with Crippen LogP contribution in [-0.4, -0.2) is 81.2 Å². The molecule has 0 N–H and O–H groups in total. The Balaban J connectivity index is 1.22. The highest BCUT2D eigenvalue weighted by atomic mass is 16.5. The van der Waals surface area contributed by atoms with Gasteiger partial charge >= 0.3 is 0 Å². The number of amides is 6. The number of carbonyl (C=O) groups is 6. The van der Waals surface area contributed by atoms with Gasteiger partial charge < -0.3 is 28.7 Å². The molecule has 0 spiro atoms. The zero-order valence-electron chi connectivity index (χ0n) is 54.0. The maximum atomic E-state index is 16.4. The van der Waals surface area contributed by atoms with Crippen molar-refractivity contribution in [3.05, 3.63) is 238 Å². The van der Waals surface area contributed by atoms with E-state index in [0.717, 1.165) is 32.1 Å². The number of aryl methyl sites for hydroxylation is 4. The second-order valence-corrected chi connectivity index (χ2v) is 24.6. The second-order valence-electron chi connectivity index (χ2n) is 24.6. The van der Waals surface area contributed by atoms with Gasteiger partial charge in [0.2, 0.25) is 0 Å². The summed E-state index contributed by atoms with van der Waals surface area (Å²) >= 11 is 0. The number of benzene rings is 11. The van der Waals surface area contributed by atoms with E-state index in [-0.39, 0.29) is 56.0 Å². The van der Waals surface area contributed by atoms with Crippen LogP contribution in [-0.2, 0) is 9.59 Å². The van der Waals surface area contributed by atoms with Crippen LogP contribution in [0.25, 0.3) is 43.1 Å². The fraction of sp³-hybridized carbons (Fsp3) is 0.225. The predicted octanol–water partition coefficient (Wildman–Crippen LogP) is 18.1. The van der Waals surface area contributed by atoms with Crippen LogP contribution >= 0.6 is 0 Å². The molecule has 0 saturated carbocycles. The van der Waals surface area contributed by atoms with E-state index in [2.05, 4.69) is 0 Å². The summed E-state index contributed by atoms with van der Waals surface area (Å²) in [7, 11) is 0. The first-order valence-corrected chi connectivity index (χ1v) is 32.4. The molecule has 2 atom stereocenters. The summed E-state index contributed by atoms with van der Waals surface area (Å²) in [5.74, 6) is -1.72. The van der Waals surface area contributed by atoms with Gasteiger partial charge in [-0.1, -0.05) is 159 Å². The average molecular weight is 1250 g/mol. The fourth-order valence-electron chi connectivity index (χ4n) is 13.4. The van der Waals surface area contributed by atoms with E-state index in [1.165, 1.54) is 0 Å².